The molecule has 0 aliphatic rings. The normalized spacial score (nSPS) is 10.5. The van der Waals surface area contributed by atoms with Crippen LogP contribution in [0.2, 0.25) is 0 Å². The van der Waals surface area contributed by atoms with Gasteiger partial charge in [-0.2, -0.15) is 0 Å². The number of methoxy groups -OCH3 is 2. The van der Waals surface area contributed by atoms with Gasteiger partial charge in [0, 0.05) is 18.7 Å². The Bertz CT molecular complexity index is 942. The van der Waals surface area contributed by atoms with Crippen molar-refractivity contribution in [3.63, 3.8) is 0 Å². The van der Waals surface area contributed by atoms with E-state index in [0.717, 1.165) is 23.3 Å². The van der Waals surface area contributed by atoms with E-state index in [1.165, 1.54) is 0 Å². The van der Waals surface area contributed by atoms with Crippen LogP contribution in [0.3, 0.4) is 0 Å². The Hall–Kier alpha value is -3.87. The van der Waals surface area contributed by atoms with Crippen LogP contribution >= 0.6 is 0 Å². The highest BCUT2D eigenvalue weighted by molar-refractivity contribution is 5.95. The van der Waals surface area contributed by atoms with Gasteiger partial charge in [0.25, 0.3) is 5.91 Å². The van der Waals surface area contributed by atoms with E-state index in [2.05, 4.69) is 0 Å². The quantitative estimate of drug-likeness (QED) is 0.515. The van der Waals surface area contributed by atoms with E-state index in [0.29, 0.717) is 11.5 Å². The van der Waals surface area contributed by atoms with Crippen molar-refractivity contribution in [2.24, 2.45) is 0 Å². The van der Waals surface area contributed by atoms with Gasteiger partial charge in [-0.1, -0.05) is 24.3 Å². The fourth-order valence-corrected chi connectivity index (χ4v) is 3.01. The summed E-state index contributed by atoms with van der Waals surface area (Å²) < 4.78 is 10.3. The Morgan fingerprint density at radius 2 is 1.17 bits per heavy atom. The Balaban J connectivity index is 1.91. The minimum Gasteiger partial charge on any atom is -0.504 e. The summed E-state index contributed by atoms with van der Waals surface area (Å²) in [5.74, 6) is -0.782. The molecule has 0 saturated carbocycles. The van der Waals surface area contributed by atoms with E-state index in [1.807, 2.05) is 48.5 Å². The molecule has 1 amide bonds. The molecule has 0 radical (unpaired) electrons. The summed E-state index contributed by atoms with van der Waals surface area (Å²) in [5, 5.41) is 29.2. The van der Waals surface area contributed by atoms with Crippen molar-refractivity contribution in [2.45, 2.75) is 13.1 Å². The third-order valence-corrected chi connectivity index (χ3v) is 4.67. The summed E-state index contributed by atoms with van der Waals surface area (Å²) in [5.41, 5.74) is 1.82. The predicted molar refractivity (Wildman–Crippen MR) is 111 cm³/mol. The number of benzene rings is 3. The molecule has 3 aromatic carbocycles. The van der Waals surface area contributed by atoms with Crippen molar-refractivity contribution in [3.05, 3.63) is 77.4 Å². The molecule has 0 fully saturated rings. The zero-order valence-electron chi connectivity index (χ0n) is 16.7. The summed E-state index contributed by atoms with van der Waals surface area (Å²) >= 11 is 0. The second-order valence-electron chi connectivity index (χ2n) is 6.72. The maximum atomic E-state index is 13.2. The van der Waals surface area contributed by atoms with E-state index in [9.17, 15) is 20.1 Å². The number of carbonyl (C=O) groups excluding carboxylic acids is 1. The van der Waals surface area contributed by atoms with Gasteiger partial charge in [0.1, 0.15) is 11.5 Å². The number of carbonyl (C=O) groups is 1. The second kappa shape index (κ2) is 9.09. The molecule has 3 N–H and O–H groups in total. The van der Waals surface area contributed by atoms with Crippen LogP contribution in [-0.4, -0.2) is 40.3 Å². The van der Waals surface area contributed by atoms with Crippen LogP contribution in [0.25, 0.3) is 0 Å². The number of aromatic hydroxyl groups is 3. The summed E-state index contributed by atoms with van der Waals surface area (Å²) in [6.07, 6.45) is 0. The van der Waals surface area contributed by atoms with Gasteiger partial charge in [0.15, 0.2) is 17.2 Å². The highest BCUT2D eigenvalue weighted by Crippen LogP contribution is 2.36. The molecule has 156 valence electrons. The highest BCUT2D eigenvalue weighted by atomic mass is 16.5. The number of nitrogens with zero attached hydrogens (tertiary/aromatic N) is 1. The molecule has 0 heterocycles. The average Bonchev–Trinajstić information content (AvgIpc) is 2.77. The molecule has 3 aromatic rings. The van der Waals surface area contributed by atoms with Crippen LogP contribution in [0.15, 0.2) is 60.7 Å². The minimum absolute atomic E-state index is 0.0600. The minimum atomic E-state index is -0.664. The van der Waals surface area contributed by atoms with E-state index < -0.39 is 23.2 Å². The molecule has 30 heavy (non-hydrogen) atoms. The molecule has 0 aliphatic carbocycles. The third-order valence-electron chi connectivity index (χ3n) is 4.67. The van der Waals surface area contributed by atoms with Crippen LogP contribution in [0.1, 0.15) is 21.5 Å². The highest BCUT2D eigenvalue weighted by Gasteiger charge is 2.20. The van der Waals surface area contributed by atoms with E-state index in [4.69, 9.17) is 9.47 Å². The van der Waals surface area contributed by atoms with Crippen molar-refractivity contribution < 1.29 is 29.6 Å². The van der Waals surface area contributed by atoms with Gasteiger partial charge in [0.2, 0.25) is 0 Å². The Labute approximate surface area is 174 Å². The topological polar surface area (TPSA) is 99.5 Å². The van der Waals surface area contributed by atoms with Gasteiger partial charge in [-0.25, -0.2) is 0 Å². The molecule has 0 saturated heterocycles. The zero-order valence-corrected chi connectivity index (χ0v) is 16.7. The first-order valence-electron chi connectivity index (χ1n) is 9.21. The number of ether oxygens (including phenoxy) is 2. The lowest BCUT2D eigenvalue weighted by molar-refractivity contribution is 0.0729. The van der Waals surface area contributed by atoms with Crippen molar-refractivity contribution in [3.8, 4) is 28.7 Å². The monoisotopic (exact) mass is 409 g/mol. The molecule has 7 nitrogen and oxygen atoms in total. The predicted octanol–water partition coefficient (Wildman–Crippen LogP) is 3.66. The number of hydrogen-bond acceptors (Lipinski definition) is 6. The van der Waals surface area contributed by atoms with Gasteiger partial charge in [0.05, 0.1) is 14.2 Å². The van der Waals surface area contributed by atoms with Crippen molar-refractivity contribution >= 4 is 5.91 Å². The molecule has 3 rings (SSSR count). The van der Waals surface area contributed by atoms with Crippen molar-refractivity contribution in [1.82, 2.24) is 4.90 Å². The van der Waals surface area contributed by atoms with Crippen LogP contribution in [-0.2, 0) is 13.1 Å². The van der Waals surface area contributed by atoms with Crippen molar-refractivity contribution in [2.75, 3.05) is 14.2 Å². The molecule has 0 atom stereocenters. The largest absolute Gasteiger partial charge is 0.504 e. The third kappa shape index (κ3) is 4.75. The molecule has 7 heteroatoms. The second-order valence-corrected chi connectivity index (χ2v) is 6.72. The first kappa shape index (κ1) is 20.9. The fourth-order valence-electron chi connectivity index (χ4n) is 3.01. The van der Waals surface area contributed by atoms with Crippen LogP contribution in [0.4, 0.5) is 0 Å². The summed E-state index contributed by atoms with van der Waals surface area (Å²) in [6.45, 7) is 0.578. The van der Waals surface area contributed by atoms with Gasteiger partial charge in [-0.05, 0) is 47.5 Å². The zero-order chi connectivity index (χ0) is 21.7. The van der Waals surface area contributed by atoms with Crippen LogP contribution < -0.4 is 9.47 Å². The number of phenolic OH excluding ortho intramolecular Hbond substituents is 3. The average molecular weight is 409 g/mol. The lowest BCUT2D eigenvalue weighted by atomic mass is 10.1. The van der Waals surface area contributed by atoms with E-state index in [-0.39, 0.29) is 18.7 Å². The van der Waals surface area contributed by atoms with Gasteiger partial charge < -0.3 is 29.7 Å². The van der Waals surface area contributed by atoms with Crippen LogP contribution in [0.5, 0.6) is 28.7 Å². The molecule has 0 aliphatic heterocycles. The summed E-state index contributed by atoms with van der Waals surface area (Å²) in [4.78, 5) is 14.8. The fraction of sp³-hybridized carbons (Fsp3) is 0.174. The van der Waals surface area contributed by atoms with Gasteiger partial charge >= 0.3 is 0 Å². The maximum absolute atomic E-state index is 13.2. The van der Waals surface area contributed by atoms with Crippen LogP contribution in [0, 0.1) is 0 Å². The Morgan fingerprint density at radius 3 is 1.53 bits per heavy atom. The Morgan fingerprint density at radius 1 is 0.767 bits per heavy atom. The lowest BCUT2D eigenvalue weighted by Crippen LogP contribution is -2.30. The van der Waals surface area contributed by atoms with Gasteiger partial charge in [-0.3, -0.25) is 4.79 Å². The lowest BCUT2D eigenvalue weighted by Gasteiger charge is -2.24. The molecular formula is C23H23NO6. The van der Waals surface area contributed by atoms with E-state index in [1.54, 1.807) is 19.1 Å². The Kier molecular flexibility index (Phi) is 6.32. The first-order chi connectivity index (χ1) is 14.4. The standard InChI is InChI=1S/C23H23NO6/c1-29-18-7-3-15(4-8-18)13-24(14-16-5-9-19(30-2)10-6-16)23(28)17-11-20(25)22(27)21(26)12-17/h3-12,25-27H,13-14H2,1-2H3. The molecule has 0 aromatic heterocycles. The van der Waals surface area contributed by atoms with E-state index >= 15 is 0 Å². The number of rotatable bonds is 7. The molecule has 0 unspecified atom stereocenters. The smallest absolute Gasteiger partial charge is 0.254 e. The number of amides is 1. The molecule has 0 spiro atoms. The number of hydrogen-bond donors (Lipinski definition) is 3. The maximum Gasteiger partial charge on any atom is 0.254 e. The van der Waals surface area contributed by atoms with Crippen molar-refractivity contribution in [1.29, 1.82) is 0 Å². The SMILES string of the molecule is COc1ccc(CN(Cc2ccc(OC)cc2)C(=O)c2cc(O)c(O)c(O)c2)cc1. The summed E-state index contributed by atoms with van der Waals surface area (Å²) in [6, 6.07) is 16.9. The van der Waals surface area contributed by atoms with Gasteiger partial charge in [-0.15, -0.1) is 0 Å². The molecule has 0 bridgehead atoms. The number of phenols is 3. The summed E-state index contributed by atoms with van der Waals surface area (Å²) in [7, 11) is 3.16. The first-order valence-corrected chi connectivity index (χ1v) is 9.21. The molecular weight excluding hydrogens is 386 g/mol.